The molecule has 0 amide bonds. The quantitative estimate of drug-likeness (QED) is 0.464. The molecule has 2 heteroatoms. The Morgan fingerprint density at radius 3 is 2.21 bits per heavy atom. The van der Waals surface area contributed by atoms with E-state index in [-0.39, 0.29) is 11.4 Å². The summed E-state index contributed by atoms with van der Waals surface area (Å²) in [4.78, 5) is 11.6. The predicted octanol–water partition coefficient (Wildman–Crippen LogP) is 3.55. The van der Waals surface area contributed by atoms with E-state index in [4.69, 9.17) is 4.74 Å². The van der Waals surface area contributed by atoms with Gasteiger partial charge in [-0.3, -0.25) is 4.79 Å². The minimum absolute atomic E-state index is 0.0422. The van der Waals surface area contributed by atoms with Crippen LogP contribution >= 0.6 is 0 Å². The lowest BCUT2D eigenvalue weighted by molar-refractivity contribution is -0.154. The number of esters is 1. The van der Waals surface area contributed by atoms with Gasteiger partial charge in [0.15, 0.2) is 0 Å². The van der Waals surface area contributed by atoms with Crippen molar-refractivity contribution in [1.82, 2.24) is 0 Å². The van der Waals surface area contributed by atoms with Gasteiger partial charge in [0.05, 0.1) is 12.0 Å². The first-order valence-corrected chi connectivity index (χ1v) is 5.71. The van der Waals surface area contributed by atoms with Crippen LogP contribution < -0.4 is 0 Å². The smallest absolute Gasteiger partial charge is 0.311 e. The Balaban J connectivity index is 3.82. The summed E-state index contributed by atoms with van der Waals surface area (Å²) in [5.41, 5.74) is -0.302. The van der Waals surface area contributed by atoms with Gasteiger partial charge < -0.3 is 4.74 Å². The normalized spacial score (nSPS) is 11.4. The molecule has 0 radical (unpaired) electrons. The second-order valence-electron chi connectivity index (χ2n) is 4.48. The second-order valence-corrected chi connectivity index (χ2v) is 4.48. The van der Waals surface area contributed by atoms with Crippen molar-refractivity contribution in [1.29, 1.82) is 0 Å². The molecule has 0 aromatic carbocycles. The maximum absolute atomic E-state index is 11.6. The van der Waals surface area contributed by atoms with Gasteiger partial charge in [-0.2, -0.15) is 0 Å². The molecule has 0 heterocycles. The molecule has 0 bridgehead atoms. The third kappa shape index (κ3) is 5.25. The summed E-state index contributed by atoms with van der Waals surface area (Å²) in [6, 6.07) is 0. The Bertz CT molecular complexity index is 162. The molecule has 2 nitrogen and oxygen atoms in total. The Labute approximate surface area is 88.0 Å². The van der Waals surface area contributed by atoms with Crippen LogP contribution in [-0.4, -0.2) is 12.6 Å². The van der Waals surface area contributed by atoms with Crippen LogP contribution in [0.4, 0.5) is 0 Å². The topological polar surface area (TPSA) is 26.3 Å². The summed E-state index contributed by atoms with van der Waals surface area (Å²) in [7, 11) is 0. The van der Waals surface area contributed by atoms with E-state index in [2.05, 4.69) is 13.8 Å². The van der Waals surface area contributed by atoms with E-state index in [1.807, 2.05) is 13.8 Å². The molecule has 0 aliphatic rings. The highest BCUT2D eigenvalue weighted by atomic mass is 16.5. The maximum Gasteiger partial charge on any atom is 0.311 e. The maximum atomic E-state index is 11.6. The second kappa shape index (κ2) is 6.86. The lowest BCUT2D eigenvalue weighted by atomic mass is 9.87. The first kappa shape index (κ1) is 13.5. The van der Waals surface area contributed by atoms with Crippen molar-refractivity contribution in [2.75, 3.05) is 6.61 Å². The van der Waals surface area contributed by atoms with Crippen LogP contribution in [-0.2, 0) is 9.53 Å². The zero-order chi connectivity index (χ0) is 11.0. The van der Waals surface area contributed by atoms with Crippen LogP contribution in [0.3, 0.4) is 0 Å². The molecule has 0 rings (SSSR count). The summed E-state index contributed by atoms with van der Waals surface area (Å²) >= 11 is 0. The monoisotopic (exact) mass is 200 g/mol. The zero-order valence-electron chi connectivity index (χ0n) is 10.1. The minimum Gasteiger partial charge on any atom is -0.465 e. The third-order valence-electron chi connectivity index (χ3n) is 2.44. The van der Waals surface area contributed by atoms with E-state index in [0.29, 0.717) is 6.61 Å². The molecule has 0 aromatic heterocycles. The van der Waals surface area contributed by atoms with Gasteiger partial charge in [-0.15, -0.1) is 0 Å². The van der Waals surface area contributed by atoms with Crippen molar-refractivity contribution in [3.8, 4) is 0 Å². The van der Waals surface area contributed by atoms with E-state index < -0.39 is 0 Å². The third-order valence-corrected chi connectivity index (χ3v) is 2.44. The van der Waals surface area contributed by atoms with Gasteiger partial charge in [0.1, 0.15) is 0 Å². The largest absolute Gasteiger partial charge is 0.465 e. The van der Waals surface area contributed by atoms with Crippen LogP contribution in [0.2, 0.25) is 0 Å². The SMILES string of the molecule is CCCCOC(=O)C(C)(C)CCCC. The molecule has 14 heavy (non-hydrogen) atoms. The van der Waals surface area contributed by atoms with Crippen LogP contribution in [0.1, 0.15) is 59.8 Å². The number of carbonyl (C=O) groups excluding carboxylic acids is 1. The Kier molecular flexibility index (Phi) is 6.60. The standard InChI is InChI=1S/C12H24O2/c1-5-7-9-12(3,4)11(13)14-10-8-6-2/h5-10H2,1-4H3. The van der Waals surface area contributed by atoms with E-state index in [0.717, 1.165) is 32.1 Å². The Morgan fingerprint density at radius 1 is 1.14 bits per heavy atom. The van der Waals surface area contributed by atoms with Crippen LogP contribution in [0.5, 0.6) is 0 Å². The van der Waals surface area contributed by atoms with Gasteiger partial charge in [0.25, 0.3) is 0 Å². The molecule has 0 fully saturated rings. The number of carbonyl (C=O) groups is 1. The fraction of sp³-hybridized carbons (Fsp3) is 0.917. The van der Waals surface area contributed by atoms with Crippen molar-refractivity contribution < 1.29 is 9.53 Å². The lowest BCUT2D eigenvalue weighted by Crippen LogP contribution is -2.26. The van der Waals surface area contributed by atoms with Gasteiger partial charge in [-0.1, -0.05) is 33.1 Å². The highest BCUT2D eigenvalue weighted by Gasteiger charge is 2.28. The van der Waals surface area contributed by atoms with Gasteiger partial charge in [0, 0.05) is 0 Å². The number of hydrogen-bond acceptors (Lipinski definition) is 2. The summed E-state index contributed by atoms with van der Waals surface area (Å²) in [5.74, 6) is -0.0422. The molecule has 0 aliphatic carbocycles. The lowest BCUT2D eigenvalue weighted by Gasteiger charge is -2.22. The number of ether oxygens (including phenoxy) is 1. The van der Waals surface area contributed by atoms with E-state index >= 15 is 0 Å². The molecule has 0 N–H and O–H groups in total. The molecular formula is C12H24O2. The average Bonchev–Trinajstić information content (AvgIpc) is 2.15. The van der Waals surface area contributed by atoms with E-state index in [1.165, 1.54) is 0 Å². The van der Waals surface area contributed by atoms with Gasteiger partial charge >= 0.3 is 5.97 Å². The summed E-state index contributed by atoms with van der Waals surface area (Å²) in [6.07, 6.45) is 5.19. The van der Waals surface area contributed by atoms with E-state index in [9.17, 15) is 4.79 Å². The van der Waals surface area contributed by atoms with Crippen molar-refractivity contribution in [2.24, 2.45) is 5.41 Å². The molecular weight excluding hydrogens is 176 g/mol. The summed E-state index contributed by atoms with van der Waals surface area (Å²) in [5, 5.41) is 0. The highest BCUT2D eigenvalue weighted by molar-refractivity contribution is 5.75. The fourth-order valence-electron chi connectivity index (χ4n) is 1.23. The molecule has 0 aliphatic heterocycles. The average molecular weight is 200 g/mol. The van der Waals surface area contributed by atoms with Crippen molar-refractivity contribution in [3.05, 3.63) is 0 Å². The van der Waals surface area contributed by atoms with Gasteiger partial charge in [-0.25, -0.2) is 0 Å². The Morgan fingerprint density at radius 2 is 1.71 bits per heavy atom. The first-order valence-electron chi connectivity index (χ1n) is 5.71. The molecule has 0 atom stereocenters. The summed E-state index contributed by atoms with van der Waals surface area (Å²) < 4.78 is 5.21. The Hall–Kier alpha value is -0.530. The number of unbranched alkanes of at least 4 members (excludes halogenated alkanes) is 2. The number of hydrogen-bond donors (Lipinski definition) is 0. The van der Waals surface area contributed by atoms with Crippen molar-refractivity contribution >= 4 is 5.97 Å². The first-order chi connectivity index (χ1) is 6.54. The molecule has 0 spiro atoms. The molecule has 0 saturated carbocycles. The summed E-state index contributed by atoms with van der Waals surface area (Å²) in [6.45, 7) is 8.74. The zero-order valence-corrected chi connectivity index (χ0v) is 10.1. The molecule has 0 aromatic rings. The van der Waals surface area contributed by atoms with Crippen LogP contribution in [0.25, 0.3) is 0 Å². The number of rotatable bonds is 7. The minimum atomic E-state index is -0.302. The van der Waals surface area contributed by atoms with Gasteiger partial charge in [0.2, 0.25) is 0 Å². The van der Waals surface area contributed by atoms with Crippen LogP contribution in [0.15, 0.2) is 0 Å². The van der Waals surface area contributed by atoms with Crippen molar-refractivity contribution in [3.63, 3.8) is 0 Å². The van der Waals surface area contributed by atoms with Crippen molar-refractivity contribution in [2.45, 2.75) is 59.8 Å². The molecule has 0 saturated heterocycles. The highest BCUT2D eigenvalue weighted by Crippen LogP contribution is 2.24. The molecule has 0 unspecified atom stereocenters. The predicted molar refractivity (Wildman–Crippen MR) is 59.2 cm³/mol. The fourth-order valence-corrected chi connectivity index (χ4v) is 1.23. The van der Waals surface area contributed by atoms with Gasteiger partial charge in [-0.05, 0) is 26.7 Å². The van der Waals surface area contributed by atoms with E-state index in [1.54, 1.807) is 0 Å². The van der Waals surface area contributed by atoms with Crippen LogP contribution in [0, 0.1) is 5.41 Å². The molecule has 84 valence electrons.